The Morgan fingerprint density at radius 2 is 0.982 bits per heavy atom. The van der Waals surface area contributed by atoms with Crippen molar-refractivity contribution in [1.29, 1.82) is 0 Å². The molecule has 2 atom stereocenters. The number of amides is 10. The summed E-state index contributed by atoms with van der Waals surface area (Å²) in [6.07, 6.45) is 12.3. The van der Waals surface area contributed by atoms with Gasteiger partial charge in [-0.15, -0.1) is 0 Å². The molecule has 17 heteroatoms. The topological polar surface area (TPSA) is 216 Å². The second-order valence-electron chi connectivity index (χ2n) is 13.6. The van der Waals surface area contributed by atoms with Gasteiger partial charge in [0.1, 0.15) is 5.78 Å². The molecule has 2 unspecified atom stereocenters. The van der Waals surface area contributed by atoms with Crippen LogP contribution < -0.4 is 5.32 Å². The molecule has 0 fully saturated rings. The van der Waals surface area contributed by atoms with Crippen LogP contribution in [0.25, 0.3) is 0 Å². The molecule has 4 aliphatic heterocycles. The minimum atomic E-state index is -0.895. The van der Waals surface area contributed by atoms with Crippen molar-refractivity contribution in [2.45, 2.75) is 89.6 Å². The highest BCUT2D eigenvalue weighted by Gasteiger charge is 2.37. The third-order valence-electron chi connectivity index (χ3n) is 9.62. The van der Waals surface area contributed by atoms with Crippen LogP contribution in [0.4, 0.5) is 0 Å². The van der Waals surface area contributed by atoms with Gasteiger partial charge in [0, 0.05) is 93.9 Å². The van der Waals surface area contributed by atoms with Gasteiger partial charge in [0.15, 0.2) is 0 Å². The minimum Gasteiger partial charge on any atom is -0.356 e. The lowest BCUT2D eigenvalue weighted by atomic mass is 10.0. The van der Waals surface area contributed by atoms with E-state index in [0.29, 0.717) is 45.2 Å². The lowest BCUT2D eigenvalue weighted by Gasteiger charge is -2.29. The first-order valence-electron chi connectivity index (χ1n) is 18.5. The van der Waals surface area contributed by atoms with Crippen LogP contribution in [0.1, 0.15) is 77.6 Å². The highest BCUT2D eigenvalue weighted by Crippen LogP contribution is 2.20. The second kappa shape index (κ2) is 20.0. The monoisotopic (exact) mass is 762 g/mol. The van der Waals surface area contributed by atoms with E-state index in [1.54, 1.807) is 4.90 Å². The molecule has 294 valence electrons. The van der Waals surface area contributed by atoms with Crippen LogP contribution in [0, 0.1) is 0 Å². The van der Waals surface area contributed by atoms with E-state index < -0.39 is 59.3 Å². The van der Waals surface area contributed by atoms with Crippen LogP contribution in [0.2, 0.25) is 0 Å². The number of hydrogen-bond donors (Lipinski definition) is 1. The highest BCUT2D eigenvalue weighted by molar-refractivity contribution is 6.15. The molecule has 17 nitrogen and oxygen atoms in total. The van der Waals surface area contributed by atoms with Crippen molar-refractivity contribution in [2.75, 3.05) is 32.7 Å². The van der Waals surface area contributed by atoms with Crippen molar-refractivity contribution in [1.82, 2.24) is 29.8 Å². The van der Waals surface area contributed by atoms with Gasteiger partial charge < -0.3 is 10.2 Å². The number of unbranched alkanes of at least 4 members (excludes halogenated alkanes) is 2. The average molecular weight is 763 g/mol. The molecule has 0 aromatic carbocycles. The van der Waals surface area contributed by atoms with Crippen molar-refractivity contribution >= 4 is 64.9 Å². The summed E-state index contributed by atoms with van der Waals surface area (Å²) in [6, 6.07) is -1.76. The predicted molar refractivity (Wildman–Crippen MR) is 192 cm³/mol. The van der Waals surface area contributed by atoms with E-state index >= 15 is 0 Å². The fraction of sp³-hybridized carbons (Fsp3) is 0.500. The summed E-state index contributed by atoms with van der Waals surface area (Å²) in [4.78, 5) is 142. The minimum absolute atomic E-state index is 0.0121. The third kappa shape index (κ3) is 11.6. The van der Waals surface area contributed by atoms with Crippen LogP contribution in [-0.2, 0) is 52.7 Å². The summed E-state index contributed by atoms with van der Waals surface area (Å²) in [5, 5.41) is 2.78. The summed E-state index contributed by atoms with van der Waals surface area (Å²) in [5.74, 6) is -5.16. The molecule has 55 heavy (non-hydrogen) atoms. The molecule has 0 spiro atoms. The third-order valence-corrected chi connectivity index (χ3v) is 9.62. The Hall–Kier alpha value is -5.87. The summed E-state index contributed by atoms with van der Waals surface area (Å²) >= 11 is 0. The van der Waals surface area contributed by atoms with Crippen LogP contribution in [-0.4, -0.2) is 134 Å². The Bertz CT molecular complexity index is 1540. The number of carbonyl (C=O) groups is 11. The van der Waals surface area contributed by atoms with E-state index in [9.17, 15) is 52.7 Å². The van der Waals surface area contributed by atoms with Gasteiger partial charge in [0.05, 0.1) is 25.2 Å². The Labute approximate surface area is 318 Å². The molecule has 0 saturated carbocycles. The maximum Gasteiger partial charge on any atom is 0.253 e. The Morgan fingerprint density at radius 1 is 0.545 bits per heavy atom. The number of nitrogens with zero attached hydrogens (tertiary/aromatic N) is 5. The molecular formula is C38H46N6O11. The van der Waals surface area contributed by atoms with Crippen LogP contribution >= 0.6 is 0 Å². The highest BCUT2D eigenvalue weighted by atomic mass is 16.2. The zero-order valence-corrected chi connectivity index (χ0v) is 30.8. The Balaban J connectivity index is 1.20. The first kappa shape index (κ1) is 41.9. The van der Waals surface area contributed by atoms with Gasteiger partial charge in [-0.3, -0.25) is 72.3 Å². The van der Waals surface area contributed by atoms with Crippen molar-refractivity contribution in [3.05, 3.63) is 48.6 Å². The van der Waals surface area contributed by atoms with Crippen LogP contribution in [0.3, 0.4) is 0 Å². The maximum atomic E-state index is 13.0. The molecule has 0 radical (unpaired) electrons. The largest absolute Gasteiger partial charge is 0.356 e. The summed E-state index contributed by atoms with van der Waals surface area (Å²) in [5.41, 5.74) is 0. The van der Waals surface area contributed by atoms with Gasteiger partial charge in [-0.05, 0) is 38.5 Å². The molecule has 0 bridgehead atoms. The summed E-state index contributed by atoms with van der Waals surface area (Å²) in [7, 11) is 0. The number of carbonyl (C=O) groups excluding carboxylic acids is 11. The van der Waals surface area contributed by atoms with Crippen molar-refractivity contribution in [3.63, 3.8) is 0 Å². The number of rotatable bonds is 24. The van der Waals surface area contributed by atoms with E-state index in [4.69, 9.17) is 0 Å². The SMILES string of the molecule is CCCCC(=O)N(CCCCC(=O)CCC(CN1C(=O)C=CC1=O)N1C(=O)C=CC1=O)CCCNC(=O)CCC(CN1C(=O)C=CC1=O)N1C(=O)C=CC1=O. The number of imide groups is 4. The van der Waals surface area contributed by atoms with Crippen molar-refractivity contribution in [3.8, 4) is 0 Å². The first-order valence-corrected chi connectivity index (χ1v) is 18.5. The first-order chi connectivity index (χ1) is 26.3. The van der Waals surface area contributed by atoms with Gasteiger partial charge in [-0.2, -0.15) is 0 Å². The normalized spacial score (nSPS) is 17.5. The molecule has 0 aliphatic carbocycles. The molecular weight excluding hydrogens is 716 g/mol. The zero-order chi connectivity index (χ0) is 40.1. The second-order valence-corrected chi connectivity index (χ2v) is 13.6. The number of hydrogen-bond acceptors (Lipinski definition) is 11. The standard InChI is InChI=1S/C38H46N6O11/c1-2-3-8-30(47)40(22-5-4-7-28(45)11-9-26(43-35(52)17-18-36(43)53)24-41-31(48)13-14-32(41)49)23-6-21-39-29(46)12-10-27(44-37(54)19-20-38(44)55)25-42-33(50)15-16-34(42)51/h13-20,26-27H,2-12,21-25H2,1H3,(H,39,46). The molecule has 0 aromatic rings. The zero-order valence-electron chi connectivity index (χ0n) is 30.8. The van der Waals surface area contributed by atoms with Crippen molar-refractivity contribution < 1.29 is 52.7 Å². The number of Topliss-reactive ketones (excluding diaryl/α,β-unsaturated/α-hetero) is 1. The summed E-state index contributed by atoms with van der Waals surface area (Å²) < 4.78 is 0. The molecule has 1 N–H and O–H groups in total. The number of ketones is 1. The lowest BCUT2D eigenvalue weighted by Crippen LogP contribution is -2.49. The maximum absolute atomic E-state index is 13.0. The Kier molecular flexibility index (Phi) is 15.2. The van der Waals surface area contributed by atoms with E-state index in [1.807, 2.05) is 6.92 Å². The molecule has 0 aromatic heterocycles. The molecule has 4 rings (SSSR count). The van der Waals surface area contributed by atoms with Gasteiger partial charge >= 0.3 is 0 Å². The van der Waals surface area contributed by atoms with Gasteiger partial charge in [-0.1, -0.05) is 13.3 Å². The van der Waals surface area contributed by atoms with Crippen LogP contribution in [0.15, 0.2) is 48.6 Å². The molecule has 0 saturated heterocycles. The molecule has 4 aliphatic rings. The van der Waals surface area contributed by atoms with E-state index in [0.717, 1.165) is 74.6 Å². The van der Waals surface area contributed by atoms with Gasteiger partial charge in [-0.25, -0.2) is 0 Å². The molecule has 4 heterocycles. The van der Waals surface area contributed by atoms with Crippen LogP contribution in [0.5, 0.6) is 0 Å². The summed E-state index contributed by atoms with van der Waals surface area (Å²) in [6.45, 7) is 2.49. The molecule has 10 amide bonds. The van der Waals surface area contributed by atoms with Gasteiger partial charge in [0.2, 0.25) is 11.8 Å². The Morgan fingerprint density at radius 3 is 1.45 bits per heavy atom. The number of nitrogens with one attached hydrogen (secondary N) is 1. The van der Waals surface area contributed by atoms with Crippen molar-refractivity contribution in [2.24, 2.45) is 0 Å². The smallest absolute Gasteiger partial charge is 0.253 e. The van der Waals surface area contributed by atoms with E-state index in [-0.39, 0.29) is 69.3 Å². The lowest BCUT2D eigenvalue weighted by molar-refractivity contribution is -0.145. The predicted octanol–water partition coefficient (Wildman–Crippen LogP) is 0.249. The quantitative estimate of drug-likeness (QED) is 0.104. The van der Waals surface area contributed by atoms with Gasteiger partial charge in [0.25, 0.3) is 47.3 Å². The fourth-order valence-corrected chi connectivity index (χ4v) is 6.60. The fourth-order valence-electron chi connectivity index (χ4n) is 6.60. The van der Waals surface area contributed by atoms with E-state index in [2.05, 4.69) is 5.32 Å². The average Bonchev–Trinajstić information content (AvgIpc) is 3.88. The van der Waals surface area contributed by atoms with E-state index in [1.165, 1.54) is 0 Å².